The molecule has 0 aliphatic heterocycles. The molecule has 0 aliphatic carbocycles. The third kappa shape index (κ3) is 6.24. The molecule has 0 saturated carbocycles. The Morgan fingerprint density at radius 1 is 1.12 bits per heavy atom. The minimum absolute atomic E-state index is 0.00704. The van der Waals surface area contributed by atoms with Gasteiger partial charge >= 0.3 is 0 Å². The molecule has 0 atom stereocenters. The minimum atomic E-state index is -3.56. The largest absolute Gasteiger partial charge is 0.352 e. The summed E-state index contributed by atoms with van der Waals surface area (Å²) >= 11 is 0. The normalized spacial score (nSPS) is 11.5. The van der Waals surface area contributed by atoms with Gasteiger partial charge in [0, 0.05) is 31.6 Å². The Hall–Kier alpha value is -2.25. The van der Waals surface area contributed by atoms with E-state index in [9.17, 15) is 17.6 Å². The maximum atomic E-state index is 13.8. The Bertz CT molecular complexity index is 851. The van der Waals surface area contributed by atoms with E-state index in [4.69, 9.17) is 0 Å². The quantitative estimate of drug-likeness (QED) is 0.768. The predicted molar refractivity (Wildman–Crippen MR) is 99.3 cm³/mol. The van der Waals surface area contributed by atoms with E-state index in [0.717, 1.165) is 21.7 Å². The second kappa shape index (κ2) is 8.91. The number of nitrogens with one attached hydrogen (secondary N) is 1. The highest BCUT2D eigenvalue weighted by Gasteiger charge is 2.19. The number of carbonyl (C=O) groups is 1. The standard InChI is InChI=1S/C19H23FN2O3S/c1-15-7-9-16(10-8-15)13-21-19(23)11-12-22(26(2,24)25)14-17-5-3-4-6-18(17)20/h3-10H,11-14H2,1-2H3,(H,21,23). The molecule has 0 saturated heterocycles. The molecule has 0 aromatic heterocycles. The van der Waals surface area contributed by atoms with Crippen LogP contribution in [0.15, 0.2) is 48.5 Å². The van der Waals surface area contributed by atoms with Crippen molar-refractivity contribution in [2.45, 2.75) is 26.4 Å². The number of amides is 1. The molecular weight excluding hydrogens is 355 g/mol. The Labute approximate surface area is 153 Å². The van der Waals surface area contributed by atoms with Crippen LogP contribution in [0.2, 0.25) is 0 Å². The molecule has 0 bridgehead atoms. The van der Waals surface area contributed by atoms with Crippen molar-refractivity contribution in [2.75, 3.05) is 12.8 Å². The van der Waals surface area contributed by atoms with E-state index in [-0.39, 0.29) is 31.0 Å². The van der Waals surface area contributed by atoms with Crippen LogP contribution in [-0.4, -0.2) is 31.4 Å². The van der Waals surface area contributed by atoms with Crippen LogP contribution in [0.3, 0.4) is 0 Å². The molecule has 0 radical (unpaired) electrons. The van der Waals surface area contributed by atoms with Crippen LogP contribution in [0.1, 0.15) is 23.1 Å². The number of hydrogen-bond acceptors (Lipinski definition) is 3. The van der Waals surface area contributed by atoms with E-state index < -0.39 is 15.8 Å². The molecule has 1 N–H and O–H groups in total. The summed E-state index contributed by atoms with van der Waals surface area (Å²) in [5.74, 6) is -0.724. The van der Waals surface area contributed by atoms with Crippen LogP contribution >= 0.6 is 0 Å². The number of halogens is 1. The zero-order chi connectivity index (χ0) is 19.2. The van der Waals surface area contributed by atoms with Crippen LogP contribution in [0, 0.1) is 12.7 Å². The maximum Gasteiger partial charge on any atom is 0.221 e. The van der Waals surface area contributed by atoms with Crippen LogP contribution in [0.4, 0.5) is 4.39 Å². The zero-order valence-corrected chi connectivity index (χ0v) is 15.7. The van der Waals surface area contributed by atoms with Gasteiger partial charge in [0.1, 0.15) is 5.82 Å². The van der Waals surface area contributed by atoms with Gasteiger partial charge in [-0.05, 0) is 18.6 Å². The number of hydrogen-bond donors (Lipinski definition) is 1. The molecule has 7 heteroatoms. The molecule has 1 amide bonds. The minimum Gasteiger partial charge on any atom is -0.352 e. The summed E-state index contributed by atoms with van der Waals surface area (Å²) in [6.07, 6.45) is 1.06. The molecule has 0 unspecified atom stereocenters. The average molecular weight is 378 g/mol. The van der Waals surface area contributed by atoms with E-state index in [1.165, 1.54) is 12.1 Å². The molecule has 0 heterocycles. The van der Waals surface area contributed by atoms with Gasteiger partial charge in [0.2, 0.25) is 15.9 Å². The first kappa shape index (κ1) is 20.1. The van der Waals surface area contributed by atoms with Crippen molar-refractivity contribution < 1.29 is 17.6 Å². The Morgan fingerprint density at radius 2 is 1.77 bits per heavy atom. The van der Waals surface area contributed by atoms with Crippen molar-refractivity contribution in [2.24, 2.45) is 0 Å². The fraction of sp³-hybridized carbons (Fsp3) is 0.316. The molecule has 2 aromatic carbocycles. The van der Waals surface area contributed by atoms with E-state index in [2.05, 4.69) is 5.32 Å². The maximum absolute atomic E-state index is 13.8. The summed E-state index contributed by atoms with van der Waals surface area (Å²) in [5, 5.41) is 2.77. The average Bonchev–Trinajstić information content (AvgIpc) is 2.58. The molecule has 0 fully saturated rings. The van der Waals surface area contributed by atoms with E-state index >= 15 is 0 Å². The highest BCUT2D eigenvalue weighted by Crippen LogP contribution is 2.13. The van der Waals surface area contributed by atoms with Gasteiger partial charge in [-0.2, -0.15) is 4.31 Å². The summed E-state index contributed by atoms with van der Waals surface area (Å²) in [6.45, 7) is 2.26. The molecule has 0 aliphatic rings. The van der Waals surface area contributed by atoms with Crippen LogP contribution in [0.25, 0.3) is 0 Å². The van der Waals surface area contributed by atoms with Gasteiger partial charge in [0.25, 0.3) is 0 Å². The summed E-state index contributed by atoms with van der Waals surface area (Å²) in [5.41, 5.74) is 2.38. The van der Waals surface area contributed by atoms with Crippen molar-refractivity contribution in [3.8, 4) is 0 Å². The lowest BCUT2D eigenvalue weighted by molar-refractivity contribution is -0.121. The fourth-order valence-electron chi connectivity index (χ4n) is 2.40. The van der Waals surface area contributed by atoms with Crippen LogP contribution < -0.4 is 5.32 Å². The second-order valence-electron chi connectivity index (χ2n) is 6.20. The Balaban J connectivity index is 1.91. The SMILES string of the molecule is Cc1ccc(CNC(=O)CCN(Cc2ccccc2F)S(C)(=O)=O)cc1. The van der Waals surface area contributed by atoms with E-state index in [0.29, 0.717) is 6.54 Å². The van der Waals surface area contributed by atoms with Crippen molar-refractivity contribution in [1.82, 2.24) is 9.62 Å². The van der Waals surface area contributed by atoms with Crippen LogP contribution in [0.5, 0.6) is 0 Å². The van der Waals surface area contributed by atoms with Gasteiger partial charge in [-0.15, -0.1) is 0 Å². The number of benzene rings is 2. The summed E-state index contributed by atoms with van der Waals surface area (Å²) in [4.78, 5) is 12.0. The lowest BCUT2D eigenvalue weighted by Gasteiger charge is -2.20. The van der Waals surface area contributed by atoms with Crippen molar-refractivity contribution in [1.29, 1.82) is 0 Å². The highest BCUT2D eigenvalue weighted by molar-refractivity contribution is 7.88. The second-order valence-corrected chi connectivity index (χ2v) is 8.18. The van der Waals surface area contributed by atoms with Crippen LogP contribution in [-0.2, 0) is 27.9 Å². The molecule has 2 aromatic rings. The van der Waals surface area contributed by atoms with Crippen molar-refractivity contribution >= 4 is 15.9 Å². The molecule has 2 rings (SSSR count). The van der Waals surface area contributed by atoms with E-state index in [1.807, 2.05) is 31.2 Å². The number of nitrogens with zero attached hydrogens (tertiary/aromatic N) is 1. The van der Waals surface area contributed by atoms with Crippen molar-refractivity contribution in [3.05, 3.63) is 71.0 Å². The van der Waals surface area contributed by atoms with Gasteiger partial charge in [0.05, 0.1) is 6.26 Å². The molecule has 5 nitrogen and oxygen atoms in total. The first-order valence-electron chi connectivity index (χ1n) is 8.26. The van der Waals surface area contributed by atoms with Crippen molar-refractivity contribution in [3.63, 3.8) is 0 Å². The zero-order valence-electron chi connectivity index (χ0n) is 14.9. The predicted octanol–water partition coefficient (Wildman–Crippen LogP) is 2.60. The number of carbonyl (C=O) groups excluding carboxylic acids is 1. The monoisotopic (exact) mass is 378 g/mol. The highest BCUT2D eigenvalue weighted by atomic mass is 32.2. The lowest BCUT2D eigenvalue weighted by Crippen LogP contribution is -2.34. The number of rotatable bonds is 8. The summed E-state index contributed by atoms with van der Waals surface area (Å²) in [6, 6.07) is 13.8. The number of sulfonamides is 1. The van der Waals surface area contributed by atoms with Gasteiger partial charge in [0.15, 0.2) is 0 Å². The first-order chi connectivity index (χ1) is 12.3. The Kier molecular flexibility index (Phi) is 6.88. The third-order valence-electron chi connectivity index (χ3n) is 3.97. The fourth-order valence-corrected chi connectivity index (χ4v) is 3.20. The molecular formula is C19H23FN2O3S. The third-order valence-corrected chi connectivity index (χ3v) is 5.22. The first-order valence-corrected chi connectivity index (χ1v) is 10.1. The number of aryl methyl sites for hydroxylation is 1. The summed E-state index contributed by atoms with van der Waals surface area (Å²) < 4.78 is 38.8. The summed E-state index contributed by atoms with van der Waals surface area (Å²) in [7, 11) is -3.56. The Morgan fingerprint density at radius 3 is 2.38 bits per heavy atom. The lowest BCUT2D eigenvalue weighted by atomic mass is 10.1. The smallest absolute Gasteiger partial charge is 0.221 e. The van der Waals surface area contributed by atoms with Gasteiger partial charge in [-0.1, -0.05) is 48.0 Å². The molecule has 140 valence electrons. The van der Waals surface area contributed by atoms with E-state index in [1.54, 1.807) is 12.1 Å². The van der Waals surface area contributed by atoms with Gasteiger partial charge in [-0.25, -0.2) is 12.8 Å². The topological polar surface area (TPSA) is 66.5 Å². The van der Waals surface area contributed by atoms with Gasteiger partial charge in [-0.3, -0.25) is 4.79 Å². The molecule has 26 heavy (non-hydrogen) atoms. The molecule has 0 spiro atoms. The van der Waals surface area contributed by atoms with Gasteiger partial charge < -0.3 is 5.32 Å².